The van der Waals surface area contributed by atoms with E-state index in [2.05, 4.69) is 48.6 Å². The minimum Gasteiger partial charge on any atom is -0.306 e. The highest BCUT2D eigenvalue weighted by atomic mass is 35.5. The van der Waals surface area contributed by atoms with Gasteiger partial charge in [-0.1, -0.05) is 48.0 Å². The van der Waals surface area contributed by atoms with E-state index < -0.39 is 0 Å². The van der Waals surface area contributed by atoms with E-state index in [1.54, 1.807) is 0 Å². The molecule has 2 heteroatoms. The molecule has 0 radical (unpaired) electrons. The molecule has 1 aliphatic carbocycles. The van der Waals surface area contributed by atoms with Gasteiger partial charge in [0, 0.05) is 17.6 Å². The van der Waals surface area contributed by atoms with Crippen molar-refractivity contribution in [1.82, 2.24) is 5.32 Å². The Morgan fingerprint density at radius 3 is 2.30 bits per heavy atom. The quantitative estimate of drug-likeness (QED) is 0.809. The fourth-order valence-electron chi connectivity index (χ4n) is 2.46. The van der Waals surface area contributed by atoms with Crippen LogP contribution in [-0.2, 0) is 6.54 Å². The summed E-state index contributed by atoms with van der Waals surface area (Å²) < 4.78 is 0. The molecule has 1 fully saturated rings. The molecule has 0 bridgehead atoms. The first-order valence-corrected chi connectivity index (χ1v) is 7.68. The van der Waals surface area contributed by atoms with Crippen LogP contribution in [0, 0.1) is 0 Å². The van der Waals surface area contributed by atoms with Crippen molar-refractivity contribution in [2.75, 3.05) is 0 Å². The Bertz CT molecular complexity index is 555. The van der Waals surface area contributed by atoms with Crippen LogP contribution in [0.2, 0.25) is 5.02 Å². The van der Waals surface area contributed by atoms with Crippen LogP contribution in [0.1, 0.15) is 48.4 Å². The average molecular weight is 286 g/mol. The third-order valence-electron chi connectivity index (χ3n) is 4.01. The van der Waals surface area contributed by atoms with Crippen LogP contribution < -0.4 is 5.32 Å². The lowest BCUT2D eigenvalue weighted by Crippen LogP contribution is -2.17. The lowest BCUT2D eigenvalue weighted by atomic mass is 10.1. The molecule has 1 aliphatic rings. The molecular formula is C18H20ClN. The summed E-state index contributed by atoms with van der Waals surface area (Å²) in [5, 5.41) is 4.34. The maximum atomic E-state index is 5.91. The van der Waals surface area contributed by atoms with Gasteiger partial charge in [-0.25, -0.2) is 0 Å². The van der Waals surface area contributed by atoms with Gasteiger partial charge in [0.05, 0.1) is 0 Å². The van der Waals surface area contributed by atoms with E-state index in [1.807, 2.05) is 12.1 Å². The van der Waals surface area contributed by atoms with Crippen molar-refractivity contribution in [3.05, 3.63) is 70.2 Å². The number of hydrogen-bond donors (Lipinski definition) is 1. The van der Waals surface area contributed by atoms with Gasteiger partial charge >= 0.3 is 0 Å². The largest absolute Gasteiger partial charge is 0.306 e. The second kappa shape index (κ2) is 5.99. The standard InChI is InChI=1S/C18H20ClN/c1-13(15-8-10-18(19)11-9-15)20-12-14-2-4-16(5-3-14)17-6-7-17/h2-5,8-11,13,17,20H,6-7,12H2,1H3/t13-/m0/s1. The first-order chi connectivity index (χ1) is 9.72. The molecule has 2 aromatic carbocycles. The Balaban J connectivity index is 1.56. The Morgan fingerprint density at radius 2 is 1.70 bits per heavy atom. The second-order valence-corrected chi connectivity index (χ2v) is 6.11. The third kappa shape index (κ3) is 3.41. The van der Waals surface area contributed by atoms with E-state index in [9.17, 15) is 0 Å². The summed E-state index contributed by atoms with van der Waals surface area (Å²) in [5.74, 6) is 0.838. The first kappa shape index (κ1) is 13.7. The van der Waals surface area contributed by atoms with E-state index in [-0.39, 0.29) is 0 Å². The molecule has 0 aromatic heterocycles. The minimum atomic E-state index is 0.329. The molecule has 0 saturated heterocycles. The van der Waals surface area contributed by atoms with Crippen molar-refractivity contribution in [1.29, 1.82) is 0 Å². The molecule has 1 saturated carbocycles. The van der Waals surface area contributed by atoms with Crippen LogP contribution in [0.3, 0.4) is 0 Å². The SMILES string of the molecule is C[C@H](NCc1ccc(C2CC2)cc1)c1ccc(Cl)cc1. The molecular weight excluding hydrogens is 266 g/mol. The maximum absolute atomic E-state index is 5.91. The molecule has 3 rings (SSSR count). The van der Waals surface area contributed by atoms with Crippen molar-refractivity contribution in [3.63, 3.8) is 0 Å². The van der Waals surface area contributed by atoms with Crippen molar-refractivity contribution < 1.29 is 0 Å². The summed E-state index contributed by atoms with van der Waals surface area (Å²) in [6, 6.07) is 17.4. The van der Waals surface area contributed by atoms with Gasteiger partial charge < -0.3 is 5.32 Å². The van der Waals surface area contributed by atoms with Gasteiger partial charge in [0.2, 0.25) is 0 Å². The van der Waals surface area contributed by atoms with E-state index in [0.29, 0.717) is 6.04 Å². The molecule has 0 spiro atoms. The smallest absolute Gasteiger partial charge is 0.0406 e. The zero-order valence-electron chi connectivity index (χ0n) is 11.8. The van der Waals surface area contributed by atoms with Gasteiger partial charge in [0.25, 0.3) is 0 Å². The highest BCUT2D eigenvalue weighted by molar-refractivity contribution is 6.30. The van der Waals surface area contributed by atoms with Crippen molar-refractivity contribution >= 4 is 11.6 Å². The van der Waals surface area contributed by atoms with Crippen molar-refractivity contribution in [2.24, 2.45) is 0 Å². The fourth-order valence-corrected chi connectivity index (χ4v) is 2.59. The topological polar surface area (TPSA) is 12.0 Å². The van der Waals surface area contributed by atoms with E-state index in [1.165, 1.54) is 29.5 Å². The van der Waals surface area contributed by atoms with Gasteiger partial charge in [-0.15, -0.1) is 0 Å². The lowest BCUT2D eigenvalue weighted by Gasteiger charge is -2.14. The highest BCUT2D eigenvalue weighted by Gasteiger charge is 2.22. The predicted octanol–water partition coefficient (Wildman–Crippen LogP) is 5.07. The molecule has 0 amide bonds. The summed E-state index contributed by atoms with van der Waals surface area (Å²) in [6.07, 6.45) is 2.73. The molecule has 20 heavy (non-hydrogen) atoms. The molecule has 1 atom stereocenters. The predicted molar refractivity (Wildman–Crippen MR) is 85.1 cm³/mol. The Hall–Kier alpha value is -1.31. The van der Waals surface area contributed by atoms with Gasteiger partial charge in [-0.2, -0.15) is 0 Å². The number of benzene rings is 2. The molecule has 0 aliphatic heterocycles. The van der Waals surface area contributed by atoms with E-state index in [0.717, 1.165) is 17.5 Å². The van der Waals surface area contributed by atoms with Crippen LogP contribution in [-0.4, -0.2) is 0 Å². The van der Waals surface area contributed by atoms with Gasteiger partial charge in [0.15, 0.2) is 0 Å². The molecule has 104 valence electrons. The third-order valence-corrected chi connectivity index (χ3v) is 4.26. The Labute approximate surface area is 126 Å². The fraction of sp³-hybridized carbons (Fsp3) is 0.333. The van der Waals surface area contributed by atoms with Crippen LogP contribution in [0.25, 0.3) is 0 Å². The maximum Gasteiger partial charge on any atom is 0.0406 e. The number of halogens is 1. The molecule has 0 unspecified atom stereocenters. The molecule has 2 aromatic rings. The number of nitrogens with one attached hydrogen (secondary N) is 1. The van der Waals surface area contributed by atoms with Crippen molar-refractivity contribution in [2.45, 2.75) is 38.3 Å². The monoisotopic (exact) mass is 285 g/mol. The Kier molecular flexibility index (Phi) is 4.09. The molecule has 1 nitrogen and oxygen atoms in total. The molecule has 1 N–H and O–H groups in total. The van der Waals surface area contributed by atoms with Gasteiger partial charge in [-0.3, -0.25) is 0 Å². The summed E-state index contributed by atoms with van der Waals surface area (Å²) in [4.78, 5) is 0. The lowest BCUT2D eigenvalue weighted by molar-refractivity contribution is 0.574. The van der Waals surface area contributed by atoms with Gasteiger partial charge in [-0.05, 0) is 54.5 Å². The minimum absolute atomic E-state index is 0.329. The van der Waals surface area contributed by atoms with Crippen LogP contribution in [0.4, 0.5) is 0 Å². The van der Waals surface area contributed by atoms with Crippen LogP contribution >= 0.6 is 11.6 Å². The number of hydrogen-bond acceptors (Lipinski definition) is 1. The summed E-state index contributed by atoms with van der Waals surface area (Å²) >= 11 is 5.91. The highest BCUT2D eigenvalue weighted by Crippen LogP contribution is 2.39. The molecule has 0 heterocycles. The second-order valence-electron chi connectivity index (χ2n) is 5.67. The number of rotatable bonds is 5. The normalized spacial score (nSPS) is 16.1. The van der Waals surface area contributed by atoms with Gasteiger partial charge in [0.1, 0.15) is 0 Å². The van der Waals surface area contributed by atoms with Crippen LogP contribution in [0.15, 0.2) is 48.5 Å². The van der Waals surface area contributed by atoms with Crippen molar-refractivity contribution in [3.8, 4) is 0 Å². The zero-order chi connectivity index (χ0) is 13.9. The summed E-state index contributed by atoms with van der Waals surface area (Å²) in [6.45, 7) is 3.08. The summed E-state index contributed by atoms with van der Waals surface area (Å²) in [5.41, 5.74) is 4.11. The van der Waals surface area contributed by atoms with Crippen LogP contribution in [0.5, 0.6) is 0 Å². The van der Waals surface area contributed by atoms with E-state index >= 15 is 0 Å². The summed E-state index contributed by atoms with van der Waals surface area (Å²) in [7, 11) is 0. The Morgan fingerprint density at radius 1 is 1.05 bits per heavy atom. The van der Waals surface area contributed by atoms with E-state index in [4.69, 9.17) is 11.6 Å². The average Bonchev–Trinajstić information content (AvgIpc) is 3.31. The zero-order valence-corrected chi connectivity index (χ0v) is 12.5. The first-order valence-electron chi connectivity index (χ1n) is 7.30.